The predicted octanol–water partition coefficient (Wildman–Crippen LogP) is 0.360. The minimum atomic E-state index is -0.270. The van der Waals surface area contributed by atoms with E-state index in [4.69, 9.17) is 0 Å². The molecule has 55 valence electrons. The number of hydrogen-bond donors (Lipinski definition) is 0. The van der Waals surface area contributed by atoms with Crippen LogP contribution in [0.25, 0.3) is 0 Å². The quantitative estimate of drug-likeness (QED) is 0.396. The molecular formula is C7H9O3. The molecule has 0 aromatic carbocycles. The fraction of sp³-hybridized carbons (Fsp3) is 0.286. The van der Waals surface area contributed by atoms with Gasteiger partial charge in [0.25, 0.3) is 6.47 Å². The summed E-state index contributed by atoms with van der Waals surface area (Å²) in [5, 5.41) is 0. The molecule has 0 rings (SSSR count). The van der Waals surface area contributed by atoms with Crippen molar-refractivity contribution in [3.63, 3.8) is 0 Å². The van der Waals surface area contributed by atoms with Crippen LogP contribution in [0, 0.1) is 19.3 Å². The summed E-state index contributed by atoms with van der Waals surface area (Å²) in [5.41, 5.74) is 0. The van der Waals surface area contributed by atoms with E-state index in [0.717, 1.165) is 0 Å². The molecule has 0 aliphatic rings. The van der Waals surface area contributed by atoms with Gasteiger partial charge in [-0.3, -0.25) is 4.79 Å². The molecule has 0 saturated carbocycles. The first kappa shape index (κ1) is 9.14. The number of rotatable bonds is 6. The first-order valence-electron chi connectivity index (χ1n) is 2.85. The third kappa shape index (κ3) is 5.28. The second kappa shape index (κ2) is 6.26. The van der Waals surface area contributed by atoms with Crippen LogP contribution in [0.4, 0.5) is 0 Å². The van der Waals surface area contributed by atoms with Crippen molar-refractivity contribution in [3.05, 3.63) is 19.3 Å². The molecule has 3 radical (unpaired) electrons. The van der Waals surface area contributed by atoms with Crippen LogP contribution in [-0.4, -0.2) is 18.9 Å². The molecule has 3 nitrogen and oxygen atoms in total. The molecule has 1 unspecified atom stereocenters. The zero-order chi connectivity index (χ0) is 7.82. The standard InChI is InChI=1S/C7H9O3/c1-7(10-6-9)4-2-3-5-8/h2-7H,1H3. The van der Waals surface area contributed by atoms with Crippen molar-refractivity contribution in [3.8, 4) is 0 Å². The van der Waals surface area contributed by atoms with E-state index < -0.39 is 0 Å². The van der Waals surface area contributed by atoms with Gasteiger partial charge in [0.1, 0.15) is 12.4 Å². The number of unbranched alkanes of at least 4 members (excludes halogenated alkanes) is 1. The van der Waals surface area contributed by atoms with Gasteiger partial charge in [-0.15, -0.1) is 0 Å². The van der Waals surface area contributed by atoms with Crippen LogP contribution in [-0.2, 0) is 14.3 Å². The second-order valence-electron chi connectivity index (χ2n) is 1.65. The Kier molecular flexibility index (Phi) is 5.72. The van der Waals surface area contributed by atoms with Crippen LogP contribution in [0.1, 0.15) is 6.92 Å². The number of hydrogen-bond acceptors (Lipinski definition) is 3. The molecule has 0 aromatic rings. The number of ether oxygens (including phenoxy) is 1. The lowest BCUT2D eigenvalue weighted by molar-refractivity contribution is -0.131. The number of carbonyl (C=O) groups excluding carboxylic acids is 2. The van der Waals surface area contributed by atoms with Gasteiger partial charge in [-0.05, 0) is 13.3 Å². The minimum absolute atomic E-state index is 0.270. The van der Waals surface area contributed by atoms with Crippen molar-refractivity contribution in [2.24, 2.45) is 0 Å². The summed E-state index contributed by atoms with van der Waals surface area (Å²) >= 11 is 0. The van der Waals surface area contributed by atoms with Crippen LogP contribution in [0.15, 0.2) is 0 Å². The van der Waals surface area contributed by atoms with Gasteiger partial charge in [0.15, 0.2) is 0 Å². The number of carbonyl (C=O) groups is 2. The third-order valence-corrected chi connectivity index (χ3v) is 0.842. The summed E-state index contributed by atoms with van der Waals surface area (Å²) in [6.07, 6.45) is 4.84. The van der Waals surface area contributed by atoms with E-state index in [-0.39, 0.29) is 6.10 Å². The van der Waals surface area contributed by atoms with E-state index in [0.29, 0.717) is 12.8 Å². The van der Waals surface area contributed by atoms with Crippen molar-refractivity contribution in [1.29, 1.82) is 0 Å². The van der Waals surface area contributed by atoms with Gasteiger partial charge in [0.2, 0.25) is 0 Å². The van der Waals surface area contributed by atoms with Gasteiger partial charge in [-0.1, -0.05) is 0 Å². The monoisotopic (exact) mass is 141 g/mol. The van der Waals surface area contributed by atoms with Gasteiger partial charge in [-0.2, -0.15) is 0 Å². The van der Waals surface area contributed by atoms with E-state index in [1.807, 2.05) is 0 Å². The SMILES string of the molecule is CC([CH][CH][CH]C=O)OC=O. The zero-order valence-corrected chi connectivity index (χ0v) is 5.69. The molecule has 0 heterocycles. The minimum Gasteiger partial charge on any atom is -0.465 e. The fourth-order valence-electron chi connectivity index (χ4n) is 0.399. The molecule has 1 atom stereocenters. The molecule has 0 amide bonds. The Morgan fingerprint density at radius 3 is 2.50 bits per heavy atom. The first-order chi connectivity index (χ1) is 4.81. The van der Waals surface area contributed by atoms with Crippen LogP contribution in [0.3, 0.4) is 0 Å². The summed E-state index contributed by atoms with van der Waals surface area (Å²) in [6, 6.07) is 0. The summed E-state index contributed by atoms with van der Waals surface area (Å²) in [4.78, 5) is 19.4. The van der Waals surface area contributed by atoms with E-state index in [9.17, 15) is 9.59 Å². The lowest BCUT2D eigenvalue weighted by atomic mass is 10.2. The Hall–Kier alpha value is -0.860. The van der Waals surface area contributed by atoms with Gasteiger partial charge in [-0.25, -0.2) is 0 Å². The average molecular weight is 141 g/mol. The largest absolute Gasteiger partial charge is 0.465 e. The molecule has 0 bridgehead atoms. The zero-order valence-electron chi connectivity index (χ0n) is 5.69. The molecule has 0 aliphatic heterocycles. The maximum Gasteiger partial charge on any atom is 0.293 e. The average Bonchev–Trinajstić information content (AvgIpc) is 1.89. The second-order valence-corrected chi connectivity index (χ2v) is 1.65. The molecule has 10 heavy (non-hydrogen) atoms. The van der Waals surface area contributed by atoms with E-state index in [1.165, 1.54) is 12.8 Å². The molecule has 0 saturated heterocycles. The Bertz CT molecular complexity index is 101. The fourth-order valence-corrected chi connectivity index (χ4v) is 0.399. The number of aldehydes is 1. The van der Waals surface area contributed by atoms with Gasteiger partial charge >= 0.3 is 0 Å². The van der Waals surface area contributed by atoms with E-state index in [1.54, 1.807) is 13.3 Å². The normalized spacial score (nSPS) is 12.1. The Morgan fingerprint density at radius 2 is 2.00 bits per heavy atom. The maximum atomic E-state index is 9.73. The lowest BCUT2D eigenvalue weighted by Crippen LogP contribution is -2.07. The van der Waals surface area contributed by atoms with Crippen molar-refractivity contribution in [2.75, 3.05) is 0 Å². The highest BCUT2D eigenvalue weighted by Crippen LogP contribution is 1.97. The van der Waals surface area contributed by atoms with Crippen molar-refractivity contribution in [2.45, 2.75) is 13.0 Å². The van der Waals surface area contributed by atoms with Crippen molar-refractivity contribution in [1.82, 2.24) is 0 Å². The predicted molar refractivity (Wildman–Crippen MR) is 35.6 cm³/mol. The summed E-state index contributed by atoms with van der Waals surface area (Å²) in [7, 11) is 0. The highest BCUT2D eigenvalue weighted by Gasteiger charge is 2.00. The molecule has 0 aromatic heterocycles. The molecule has 3 heteroatoms. The van der Waals surface area contributed by atoms with E-state index >= 15 is 0 Å². The van der Waals surface area contributed by atoms with Crippen LogP contribution < -0.4 is 0 Å². The molecular weight excluding hydrogens is 132 g/mol. The topological polar surface area (TPSA) is 43.4 Å². The first-order valence-corrected chi connectivity index (χ1v) is 2.85. The highest BCUT2D eigenvalue weighted by molar-refractivity contribution is 5.64. The highest BCUT2D eigenvalue weighted by atomic mass is 16.5. The summed E-state index contributed by atoms with van der Waals surface area (Å²) < 4.78 is 4.49. The van der Waals surface area contributed by atoms with Crippen LogP contribution in [0.5, 0.6) is 0 Å². The Morgan fingerprint density at radius 1 is 1.30 bits per heavy atom. The van der Waals surface area contributed by atoms with Crippen LogP contribution >= 0.6 is 0 Å². The van der Waals surface area contributed by atoms with Crippen molar-refractivity contribution < 1.29 is 14.3 Å². The summed E-state index contributed by atoms with van der Waals surface area (Å²) in [6.45, 7) is 2.07. The van der Waals surface area contributed by atoms with Crippen molar-refractivity contribution >= 4 is 12.8 Å². The molecule has 0 spiro atoms. The van der Waals surface area contributed by atoms with Gasteiger partial charge in [0.05, 0.1) is 0 Å². The smallest absolute Gasteiger partial charge is 0.293 e. The van der Waals surface area contributed by atoms with Gasteiger partial charge in [0, 0.05) is 12.8 Å². The molecule has 0 fully saturated rings. The summed E-state index contributed by atoms with van der Waals surface area (Å²) in [5.74, 6) is 0. The molecule has 0 aliphatic carbocycles. The maximum absolute atomic E-state index is 9.73. The van der Waals surface area contributed by atoms with E-state index in [2.05, 4.69) is 4.74 Å². The lowest BCUT2D eigenvalue weighted by Gasteiger charge is -2.05. The Balaban J connectivity index is 3.11. The van der Waals surface area contributed by atoms with Crippen LogP contribution in [0.2, 0.25) is 0 Å². The third-order valence-electron chi connectivity index (χ3n) is 0.842. The Labute approximate surface area is 60.4 Å². The molecule has 0 N–H and O–H groups in total. The van der Waals surface area contributed by atoms with Gasteiger partial charge < -0.3 is 9.53 Å².